The number of benzene rings is 1. The molecule has 0 radical (unpaired) electrons. The van der Waals surface area contributed by atoms with Crippen LogP contribution in [0, 0.1) is 5.41 Å². The van der Waals surface area contributed by atoms with Gasteiger partial charge in [-0.25, -0.2) is 0 Å². The fourth-order valence-electron chi connectivity index (χ4n) is 1.30. The molecule has 0 spiro atoms. The molecule has 0 aliphatic carbocycles. The molecule has 0 bridgehead atoms. The highest BCUT2D eigenvalue weighted by Gasteiger charge is 2.17. The molecule has 2 rings (SSSR count). The summed E-state index contributed by atoms with van der Waals surface area (Å²) in [5, 5.41) is 0. The van der Waals surface area contributed by atoms with E-state index >= 15 is 0 Å². The number of fused-ring (bicyclic) bond motifs is 1. The van der Waals surface area contributed by atoms with Crippen LogP contribution in [0.3, 0.4) is 0 Å². The van der Waals surface area contributed by atoms with Crippen LogP contribution in [0.2, 0.25) is 0 Å². The maximum atomic E-state index is 5.70. The first-order chi connectivity index (χ1) is 7.61. The maximum absolute atomic E-state index is 5.70. The molecule has 0 unspecified atom stereocenters. The molecule has 0 aromatic heterocycles. The summed E-state index contributed by atoms with van der Waals surface area (Å²) in [5.41, 5.74) is 5.87. The minimum atomic E-state index is 0.168. The van der Waals surface area contributed by atoms with Crippen molar-refractivity contribution in [3.63, 3.8) is 0 Å². The van der Waals surface area contributed by atoms with Crippen LogP contribution in [-0.4, -0.2) is 19.1 Å². The molecule has 0 atom stereocenters. The second-order valence-corrected chi connectivity index (χ2v) is 5.72. The van der Waals surface area contributed by atoms with E-state index in [1.165, 1.54) is 4.90 Å². The molecule has 16 heavy (non-hydrogen) atoms. The van der Waals surface area contributed by atoms with Crippen LogP contribution in [-0.2, 0) is 0 Å². The number of nitrogens with two attached hydrogens (primary N) is 1. The number of rotatable bonds is 4. The molecular formula is C12H17NO2S. The molecule has 88 valence electrons. The Bertz CT molecular complexity index is 379. The van der Waals surface area contributed by atoms with Gasteiger partial charge in [0.25, 0.3) is 0 Å². The largest absolute Gasteiger partial charge is 0.454 e. The van der Waals surface area contributed by atoms with Gasteiger partial charge in [-0.15, -0.1) is 11.8 Å². The summed E-state index contributed by atoms with van der Waals surface area (Å²) in [4.78, 5) is 1.20. The van der Waals surface area contributed by atoms with Gasteiger partial charge < -0.3 is 15.2 Å². The molecule has 3 nitrogen and oxygen atoms in total. The van der Waals surface area contributed by atoms with E-state index in [1.807, 2.05) is 12.1 Å². The van der Waals surface area contributed by atoms with Crippen LogP contribution < -0.4 is 15.2 Å². The Balaban J connectivity index is 2.00. The van der Waals surface area contributed by atoms with Gasteiger partial charge in [-0.3, -0.25) is 0 Å². The predicted octanol–water partition coefficient (Wildman–Crippen LogP) is 2.49. The summed E-state index contributed by atoms with van der Waals surface area (Å²) >= 11 is 1.80. The highest BCUT2D eigenvalue weighted by atomic mass is 32.2. The highest BCUT2D eigenvalue weighted by molar-refractivity contribution is 7.99. The smallest absolute Gasteiger partial charge is 0.231 e. The number of thioether (sulfide) groups is 1. The quantitative estimate of drug-likeness (QED) is 0.820. The van der Waals surface area contributed by atoms with E-state index < -0.39 is 0 Å². The summed E-state index contributed by atoms with van der Waals surface area (Å²) in [5.74, 6) is 2.68. The molecule has 1 aromatic rings. The zero-order valence-electron chi connectivity index (χ0n) is 9.66. The molecule has 0 saturated heterocycles. The normalized spacial score (nSPS) is 14.2. The Morgan fingerprint density at radius 2 is 2.06 bits per heavy atom. The molecular weight excluding hydrogens is 222 g/mol. The van der Waals surface area contributed by atoms with E-state index in [2.05, 4.69) is 19.9 Å². The van der Waals surface area contributed by atoms with E-state index in [1.54, 1.807) is 11.8 Å². The summed E-state index contributed by atoms with van der Waals surface area (Å²) in [7, 11) is 0. The van der Waals surface area contributed by atoms with Gasteiger partial charge in [0.05, 0.1) is 0 Å². The first-order valence-electron chi connectivity index (χ1n) is 5.33. The fraction of sp³-hybridized carbons (Fsp3) is 0.500. The van der Waals surface area contributed by atoms with Crippen molar-refractivity contribution in [3.8, 4) is 11.5 Å². The predicted molar refractivity (Wildman–Crippen MR) is 66.1 cm³/mol. The second-order valence-electron chi connectivity index (χ2n) is 4.67. The van der Waals surface area contributed by atoms with Crippen molar-refractivity contribution in [2.45, 2.75) is 18.7 Å². The topological polar surface area (TPSA) is 44.5 Å². The SMILES string of the molecule is CC(C)(CN)CSc1ccc2c(c1)OCO2. The van der Waals surface area contributed by atoms with Gasteiger partial charge >= 0.3 is 0 Å². The third-order valence-corrected chi connectivity index (χ3v) is 4.04. The number of ether oxygens (including phenoxy) is 2. The van der Waals surface area contributed by atoms with Crippen molar-refractivity contribution in [2.75, 3.05) is 19.1 Å². The second kappa shape index (κ2) is 4.55. The van der Waals surface area contributed by atoms with E-state index in [4.69, 9.17) is 15.2 Å². The average Bonchev–Trinajstić information content (AvgIpc) is 2.73. The zero-order chi connectivity index (χ0) is 11.6. The lowest BCUT2D eigenvalue weighted by Crippen LogP contribution is -2.25. The van der Waals surface area contributed by atoms with Crippen molar-refractivity contribution < 1.29 is 9.47 Å². The standard InChI is InChI=1S/C12H17NO2S/c1-12(2,6-13)7-16-9-3-4-10-11(5-9)15-8-14-10/h3-5H,6-8,13H2,1-2H3. The van der Waals surface area contributed by atoms with Crippen molar-refractivity contribution in [1.82, 2.24) is 0 Å². The summed E-state index contributed by atoms with van der Waals surface area (Å²) in [6.07, 6.45) is 0. The maximum Gasteiger partial charge on any atom is 0.231 e. The van der Waals surface area contributed by atoms with Gasteiger partial charge in [0.15, 0.2) is 11.5 Å². The van der Waals surface area contributed by atoms with Crippen molar-refractivity contribution >= 4 is 11.8 Å². The first-order valence-corrected chi connectivity index (χ1v) is 6.32. The van der Waals surface area contributed by atoms with Crippen molar-refractivity contribution in [2.24, 2.45) is 11.1 Å². The monoisotopic (exact) mass is 239 g/mol. The van der Waals surface area contributed by atoms with Crippen LogP contribution in [0.5, 0.6) is 11.5 Å². The van der Waals surface area contributed by atoms with E-state index in [0.29, 0.717) is 13.3 Å². The van der Waals surface area contributed by atoms with Gasteiger partial charge in [-0.2, -0.15) is 0 Å². The lowest BCUT2D eigenvalue weighted by atomic mass is 9.97. The Morgan fingerprint density at radius 3 is 2.81 bits per heavy atom. The third kappa shape index (κ3) is 2.62. The lowest BCUT2D eigenvalue weighted by molar-refractivity contribution is 0.174. The fourth-order valence-corrected chi connectivity index (χ4v) is 2.33. The molecule has 1 aliphatic rings. The van der Waals surface area contributed by atoms with E-state index in [0.717, 1.165) is 17.3 Å². The van der Waals surface area contributed by atoms with E-state index in [-0.39, 0.29) is 5.41 Å². The molecule has 0 fully saturated rings. The molecule has 0 saturated carbocycles. The third-order valence-electron chi connectivity index (χ3n) is 2.53. The Labute approximate surface area is 100 Å². The van der Waals surface area contributed by atoms with Crippen molar-refractivity contribution in [1.29, 1.82) is 0 Å². The Hall–Kier alpha value is -0.870. The summed E-state index contributed by atoms with van der Waals surface area (Å²) < 4.78 is 10.6. The van der Waals surface area contributed by atoms with Gasteiger partial charge in [-0.05, 0) is 30.2 Å². The summed E-state index contributed by atoms with van der Waals surface area (Å²) in [6, 6.07) is 6.05. The van der Waals surface area contributed by atoms with Gasteiger partial charge in [0.1, 0.15) is 0 Å². The summed E-state index contributed by atoms with van der Waals surface area (Å²) in [6.45, 7) is 5.38. The Morgan fingerprint density at radius 1 is 1.31 bits per heavy atom. The van der Waals surface area contributed by atoms with E-state index in [9.17, 15) is 0 Å². The van der Waals surface area contributed by atoms with Crippen LogP contribution in [0.15, 0.2) is 23.1 Å². The average molecular weight is 239 g/mol. The molecule has 1 aliphatic heterocycles. The van der Waals surface area contributed by atoms with Gasteiger partial charge in [0.2, 0.25) is 6.79 Å². The zero-order valence-corrected chi connectivity index (χ0v) is 10.5. The van der Waals surface area contributed by atoms with Crippen LogP contribution >= 0.6 is 11.8 Å². The first kappa shape index (κ1) is 11.6. The highest BCUT2D eigenvalue weighted by Crippen LogP contribution is 2.36. The molecule has 0 amide bonds. The minimum Gasteiger partial charge on any atom is -0.454 e. The Kier molecular flexibility index (Phi) is 3.30. The van der Waals surface area contributed by atoms with Crippen molar-refractivity contribution in [3.05, 3.63) is 18.2 Å². The van der Waals surface area contributed by atoms with Crippen LogP contribution in [0.1, 0.15) is 13.8 Å². The molecule has 1 heterocycles. The molecule has 2 N–H and O–H groups in total. The number of hydrogen-bond acceptors (Lipinski definition) is 4. The minimum absolute atomic E-state index is 0.168. The number of hydrogen-bond donors (Lipinski definition) is 1. The van der Waals surface area contributed by atoms with Gasteiger partial charge in [-0.1, -0.05) is 13.8 Å². The molecule has 4 heteroatoms. The van der Waals surface area contributed by atoms with Gasteiger partial charge in [0, 0.05) is 10.6 Å². The van der Waals surface area contributed by atoms with Crippen LogP contribution in [0.25, 0.3) is 0 Å². The molecule has 1 aromatic carbocycles. The lowest BCUT2D eigenvalue weighted by Gasteiger charge is -2.21. The van der Waals surface area contributed by atoms with Crippen LogP contribution in [0.4, 0.5) is 0 Å².